The zero-order valence-corrected chi connectivity index (χ0v) is 13.4. The maximum Gasteiger partial charge on any atom is 0.341 e. The van der Waals surface area contributed by atoms with Crippen molar-refractivity contribution in [2.75, 3.05) is 5.32 Å². The van der Waals surface area contributed by atoms with Crippen molar-refractivity contribution in [3.8, 4) is 0 Å². The summed E-state index contributed by atoms with van der Waals surface area (Å²) in [6.45, 7) is 0. The predicted octanol–water partition coefficient (Wildman–Crippen LogP) is 3.76. The van der Waals surface area contributed by atoms with Crippen molar-refractivity contribution in [1.29, 1.82) is 0 Å². The highest BCUT2D eigenvalue weighted by Gasteiger charge is 2.26. The first-order chi connectivity index (χ1) is 9.80. The highest BCUT2D eigenvalue weighted by atomic mass is 79.9. The maximum atomic E-state index is 12.4. The summed E-state index contributed by atoms with van der Waals surface area (Å²) in [7, 11) is -4.62. The maximum absolute atomic E-state index is 12.4. The van der Waals surface area contributed by atoms with Crippen LogP contribution >= 0.6 is 27.3 Å². The number of hydrogen-bond donors (Lipinski definition) is 1. The average Bonchev–Trinajstić information content (AvgIpc) is 2.86. The molecule has 1 heterocycles. The molecule has 112 valence electrons. The molecule has 0 atom stereocenters. The van der Waals surface area contributed by atoms with Crippen LogP contribution in [0.15, 0.2) is 45.1 Å². The molecule has 2 rings (SSSR count). The molecule has 1 N–H and O–H groups in total. The summed E-state index contributed by atoms with van der Waals surface area (Å²) in [6, 6.07) is 7.92. The number of halogens is 3. The summed E-state index contributed by atoms with van der Waals surface area (Å²) in [5.41, 5.74) is 0.317. The molecule has 0 radical (unpaired) electrons. The molecule has 0 aliphatic carbocycles. The molecule has 9 heteroatoms. The first-order valence-corrected chi connectivity index (χ1v) is 8.65. The molecule has 0 aliphatic rings. The van der Waals surface area contributed by atoms with E-state index in [-0.39, 0.29) is 5.91 Å². The van der Waals surface area contributed by atoms with E-state index in [0.717, 1.165) is 15.9 Å². The van der Waals surface area contributed by atoms with E-state index < -0.39 is 20.5 Å². The number of thiophene rings is 1. The molecule has 0 fully saturated rings. The topological polar surface area (TPSA) is 63.2 Å². The van der Waals surface area contributed by atoms with Gasteiger partial charge in [-0.15, -0.1) is 11.3 Å². The normalized spacial score (nSPS) is 11.6. The van der Waals surface area contributed by atoms with Crippen molar-refractivity contribution < 1.29 is 22.0 Å². The van der Waals surface area contributed by atoms with Gasteiger partial charge in [-0.3, -0.25) is 4.79 Å². The van der Waals surface area contributed by atoms with E-state index in [4.69, 9.17) is 0 Å². The molecule has 4 nitrogen and oxygen atoms in total. The van der Waals surface area contributed by atoms with E-state index in [9.17, 15) is 22.0 Å². The van der Waals surface area contributed by atoms with Gasteiger partial charge in [-0.25, -0.2) is 8.42 Å². The summed E-state index contributed by atoms with van der Waals surface area (Å²) in [5, 5.41) is 2.55. The summed E-state index contributed by atoms with van der Waals surface area (Å²) in [4.78, 5) is 11.8. The van der Waals surface area contributed by atoms with Crippen LogP contribution in [0.5, 0.6) is 0 Å². The number of amides is 1. The van der Waals surface area contributed by atoms with Gasteiger partial charge >= 0.3 is 5.76 Å². The average molecular weight is 396 g/mol. The van der Waals surface area contributed by atoms with Crippen molar-refractivity contribution in [3.05, 3.63) is 45.1 Å². The van der Waals surface area contributed by atoms with Gasteiger partial charge in [0.2, 0.25) is 9.84 Å². The minimum absolute atomic E-state index is 0.317. The molecule has 0 bridgehead atoms. The lowest BCUT2D eigenvalue weighted by atomic mass is 10.3. The van der Waals surface area contributed by atoms with Crippen LogP contribution in [0.4, 0.5) is 14.5 Å². The van der Waals surface area contributed by atoms with Crippen molar-refractivity contribution in [3.63, 3.8) is 0 Å². The number of benzene rings is 1. The smallest absolute Gasteiger partial charge is 0.321 e. The molecule has 0 saturated heterocycles. The number of sulfone groups is 1. The Morgan fingerprint density at radius 3 is 2.24 bits per heavy atom. The third-order valence-corrected chi connectivity index (χ3v) is 5.49. The van der Waals surface area contributed by atoms with Gasteiger partial charge in [0.25, 0.3) is 5.91 Å². The Labute approximate surface area is 131 Å². The molecule has 2 aromatic rings. The van der Waals surface area contributed by atoms with Crippen LogP contribution in [0.3, 0.4) is 0 Å². The number of nitrogens with one attached hydrogen (secondary N) is 1. The van der Waals surface area contributed by atoms with Gasteiger partial charge in [-0.1, -0.05) is 0 Å². The lowest BCUT2D eigenvalue weighted by molar-refractivity contribution is 0.103. The summed E-state index contributed by atoms with van der Waals surface area (Å²) >= 11 is 4.47. The van der Waals surface area contributed by atoms with Gasteiger partial charge < -0.3 is 5.32 Å². The van der Waals surface area contributed by atoms with E-state index in [1.54, 1.807) is 12.1 Å². The number of rotatable bonds is 4. The number of alkyl halides is 2. The van der Waals surface area contributed by atoms with Crippen molar-refractivity contribution >= 4 is 48.7 Å². The number of carbonyl (C=O) groups excluding carboxylic acids is 1. The molecule has 0 aliphatic heterocycles. The third-order valence-electron chi connectivity index (χ3n) is 2.47. The second-order valence-electron chi connectivity index (χ2n) is 3.89. The molecule has 0 spiro atoms. The van der Waals surface area contributed by atoms with E-state index in [0.29, 0.717) is 10.6 Å². The number of carbonyl (C=O) groups is 1. The van der Waals surface area contributed by atoms with Crippen LogP contribution in [0, 0.1) is 0 Å². The quantitative estimate of drug-likeness (QED) is 0.856. The Hall–Kier alpha value is -1.32. The van der Waals surface area contributed by atoms with E-state index in [1.165, 1.54) is 23.5 Å². The largest absolute Gasteiger partial charge is 0.341 e. The minimum atomic E-state index is -4.62. The summed E-state index contributed by atoms with van der Waals surface area (Å²) < 4.78 is 48.0. The van der Waals surface area contributed by atoms with Crippen LogP contribution < -0.4 is 5.32 Å². The van der Waals surface area contributed by atoms with Gasteiger partial charge in [-0.05, 0) is 52.3 Å². The third kappa shape index (κ3) is 3.66. The number of anilines is 1. The Bertz CT molecular complexity index is 757. The van der Waals surface area contributed by atoms with Crippen LogP contribution in [-0.2, 0) is 9.84 Å². The molecule has 1 amide bonds. The lowest BCUT2D eigenvalue weighted by Crippen LogP contribution is -2.12. The highest BCUT2D eigenvalue weighted by Crippen LogP contribution is 2.24. The fourth-order valence-corrected chi connectivity index (χ4v) is 3.46. The number of hydrogen-bond acceptors (Lipinski definition) is 4. The van der Waals surface area contributed by atoms with Gasteiger partial charge in [0.1, 0.15) is 0 Å². The van der Waals surface area contributed by atoms with Crippen LogP contribution in [0.1, 0.15) is 9.67 Å². The molecular formula is C12H8BrF2NO3S2. The Kier molecular flexibility index (Phi) is 4.74. The fourth-order valence-electron chi connectivity index (χ4n) is 1.46. The predicted molar refractivity (Wildman–Crippen MR) is 79.6 cm³/mol. The van der Waals surface area contributed by atoms with E-state index >= 15 is 0 Å². The molecular weight excluding hydrogens is 388 g/mol. The lowest BCUT2D eigenvalue weighted by Gasteiger charge is -2.06. The summed E-state index contributed by atoms with van der Waals surface area (Å²) in [5.74, 6) is -3.84. The Balaban J connectivity index is 2.15. The van der Waals surface area contributed by atoms with Gasteiger partial charge in [0, 0.05) is 5.69 Å². The SMILES string of the molecule is O=C(Nc1ccc(S(=O)(=O)C(F)F)cc1)c1ccc(Br)s1. The van der Waals surface area contributed by atoms with Crippen molar-refractivity contribution in [2.45, 2.75) is 10.7 Å². The van der Waals surface area contributed by atoms with Crippen LogP contribution in [-0.4, -0.2) is 20.1 Å². The first-order valence-electron chi connectivity index (χ1n) is 5.49. The van der Waals surface area contributed by atoms with Gasteiger partial charge in [0.15, 0.2) is 0 Å². The highest BCUT2D eigenvalue weighted by molar-refractivity contribution is 9.11. The van der Waals surface area contributed by atoms with Crippen molar-refractivity contribution in [2.24, 2.45) is 0 Å². The van der Waals surface area contributed by atoms with Gasteiger partial charge in [0.05, 0.1) is 13.6 Å². The minimum Gasteiger partial charge on any atom is -0.321 e. The standard InChI is InChI=1S/C12H8BrF2NO3S2/c13-10-6-5-9(20-10)11(17)16-7-1-3-8(4-2-7)21(18,19)12(14)15/h1-6,12H,(H,16,17). The molecule has 1 aromatic heterocycles. The Morgan fingerprint density at radius 1 is 1.14 bits per heavy atom. The molecule has 0 saturated carbocycles. The van der Waals surface area contributed by atoms with E-state index in [2.05, 4.69) is 21.2 Å². The second-order valence-corrected chi connectivity index (χ2v) is 8.27. The second kappa shape index (κ2) is 6.20. The van der Waals surface area contributed by atoms with Crippen LogP contribution in [0.2, 0.25) is 0 Å². The molecule has 1 aromatic carbocycles. The van der Waals surface area contributed by atoms with Gasteiger partial charge in [-0.2, -0.15) is 8.78 Å². The van der Waals surface area contributed by atoms with Crippen LogP contribution in [0.25, 0.3) is 0 Å². The fraction of sp³-hybridized carbons (Fsp3) is 0.0833. The zero-order valence-electron chi connectivity index (χ0n) is 10.2. The van der Waals surface area contributed by atoms with Crippen molar-refractivity contribution in [1.82, 2.24) is 0 Å². The molecule has 0 unspecified atom stereocenters. The Morgan fingerprint density at radius 2 is 1.76 bits per heavy atom. The summed E-state index contributed by atoms with van der Waals surface area (Å²) in [6.07, 6.45) is 0. The zero-order chi connectivity index (χ0) is 15.6. The monoisotopic (exact) mass is 395 g/mol. The first kappa shape index (κ1) is 16.1. The van der Waals surface area contributed by atoms with E-state index in [1.807, 2.05) is 0 Å². The molecule has 21 heavy (non-hydrogen) atoms.